The van der Waals surface area contributed by atoms with Crippen LogP contribution >= 0.6 is 0 Å². The number of hydrogen-bond acceptors (Lipinski definition) is 3. The minimum atomic E-state index is -3.56. The van der Waals surface area contributed by atoms with E-state index >= 15 is 0 Å². The number of nitrogens with zero attached hydrogens (tertiary/aromatic N) is 1. The SMILES string of the molecule is Cc1ccc(S(=O)(=O)N2CCC[C@H](C(=O)NCc3cccc(C)c3)C2)cc1. The fraction of sp³-hybridized carbons (Fsp3) is 0.381. The fourth-order valence-corrected chi connectivity index (χ4v) is 4.91. The molecule has 6 heteroatoms. The summed E-state index contributed by atoms with van der Waals surface area (Å²) in [7, 11) is -3.56. The molecule has 0 saturated carbocycles. The number of sulfonamides is 1. The van der Waals surface area contributed by atoms with Crippen LogP contribution in [-0.4, -0.2) is 31.7 Å². The van der Waals surface area contributed by atoms with Gasteiger partial charge in [0.2, 0.25) is 15.9 Å². The molecule has 1 aliphatic rings. The van der Waals surface area contributed by atoms with Crippen LogP contribution < -0.4 is 5.32 Å². The van der Waals surface area contributed by atoms with Crippen molar-refractivity contribution in [1.82, 2.24) is 9.62 Å². The van der Waals surface area contributed by atoms with Gasteiger partial charge in [0, 0.05) is 19.6 Å². The van der Waals surface area contributed by atoms with E-state index in [1.807, 2.05) is 38.1 Å². The van der Waals surface area contributed by atoms with Crippen LogP contribution in [0.5, 0.6) is 0 Å². The van der Waals surface area contributed by atoms with Gasteiger partial charge in [-0.15, -0.1) is 0 Å². The lowest BCUT2D eigenvalue weighted by Crippen LogP contribution is -2.45. The predicted molar refractivity (Wildman–Crippen MR) is 106 cm³/mol. The second-order valence-corrected chi connectivity index (χ2v) is 9.16. The first-order valence-electron chi connectivity index (χ1n) is 9.26. The maximum absolute atomic E-state index is 12.9. The van der Waals surface area contributed by atoms with Crippen molar-refractivity contribution in [2.24, 2.45) is 5.92 Å². The lowest BCUT2D eigenvalue weighted by Gasteiger charge is -2.31. The molecule has 0 aliphatic carbocycles. The Bertz CT molecular complexity index is 907. The molecule has 0 spiro atoms. The Hall–Kier alpha value is -2.18. The second kappa shape index (κ2) is 8.23. The van der Waals surface area contributed by atoms with Gasteiger partial charge in [0.1, 0.15) is 0 Å². The van der Waals surface area contributed by atoms with Crippen molar-refractivity contribution in [1.29, 1.82) is 0 Å². The number of carbonyl (C=O) groups excluding carboxylic acids is 1. The van der Waals surface area contributed by atoms with Crippen LogP contribution in [0.1, 0.15) is 29.5 Å². The molecule has 27 heavy (non-hydrogen) atoms. The Balaban J connectivity index is 1.64. The highest BCUT2D eigenvalue weighted by Gasteiger charge is 2.33. The summed E-state index contributed by atoms with van der Waals surface area (Å²) in [5, 5.41) is 2.95. The van der Waals surface area contributed by atoms with Crippen molar-refractivity contribution in [3.63, 3.8) is 0 Å². The van der Waals surface area contributed by atoms with E-state index in [4.69, 9.17) is 0 Å². The summed E-state index contributed by atoms with van der Waals surface area (Å²) in [5.74, 6) is -0.399. The first-order chi connectivity index (χ1) is 12.9. The zero-order valence-electron chi connectivity index (χ0n) is 15.8. The lowest BCUT2D eigenvalue weighted by molar-refractivity contribution is -0.126. The van der Waals surface area contributed by atoms with Crippen LogP contribution in [0.25, 0.3) is 0 Å². The predicted octanol–water partition coefficient (Wildman–Crippen LogP) is 3.02. The van der Waals surface area contributed by atoms with E-state index in [0.29, 0.717) is 25.9 Å². The van der Waals surface area contributed by atoms with Gasteiger partial charge in [-0.2, -0.15) is 4.31 Å². The molecule has 1 N–H and O–H groups in total. The van der Waals surface area contributed by atoms with Crippen molar-refractivity contribution in [2.75, 3.05) is 13.1 Å². The molecule has 0 bridgehead atoms. The van der Waals surface area contributed by atoms with Gasteiger partial charge in [-0.05, 0) is 44.4 Å². The minimum Gasteiger partial charge on any atom is -0.352 e. The molecule has 0 unspecified atom stereocenters. The maximum Gasteiger partial charge on any atom is 0.243 e. The summed E-state index contributed by atoms with van der Waals surface area (Å²) < 4.78 is 27.2. The Morgan fingerprint density at radius 2 is 1.85 bits per heavy atom. The fourth-order valence-electron chi connectivity index (χ4n) is 3.39. The Kier molecular flexibility index (Phi) is 5.97. The molecule has 1 amide bonds. The monoisotopic (exact) mass is 386 g/mol. The van der Waals surface area contributed by atoms with Gasteiger partial charge in [0.25, 0.3) is 0 Å². The number of nitrogens with one attached hydrogen (secondary N) is 1. The third kappa shape index (κ3) is 4.76. The number of rotatable bonds is 5. The Morgan fingerprint density at radius 3 is 2.56 bits per heavy atom. The van der Waals surface area contributed by atoms with E-state index in [2.05, 4.69) is 5.32 Å². The average molecular weight is 387 g/mol. The van der Waals surface area contributed by atoms with E-state index in [9.17, 15) is 13.2 Å². The molecule has 1 fully saturated rings. The van der Waals surface area contributed by atoms with Gasteiger partial charge in [0.05, 0.1) is 10.8 Å². The number of aryl methyl sites for hydroxylation is 2. The highest BCUT2D eigenvalue weighted by molar-refractivity contribution is 7.89. The Morgan fingerprint density at radius 1 is 1.11 bits per heavy atom. The van der Waals surface area contributed by atoms with E-state index in [1.165, 1.54) is 4.31 Å². The smallest absolute Gasteiger partial charge is 0.243 e. The van der Waals surface area contributed by atoms with Gasteiger partial charge >= 0.3 is 0 Å². The van der Waals surface area contributed by atoms with Crippen molar-refractivity contribution in [3.05, 3.63) is 65.2 Å². The zero-order valence-corrected chi connectivity index (χ0v) is 16.6. The summed E-state index contributed by atoms with van der Waals surface area (Å²) in [5.41, 5.74) is 3.21. The van der Waals surface area contributed by atoms with Crippen LogP contribution in [0.15, 0.2) is 53.4 Å². The van der Waals surface area contributed by atoms with Crippen LogP contribution in [0, 0.1) is 19.8 Å². The van der Waals surface area contributed by atoms with Gasteiger partial charge in [-0.25, -0.2) is 8.42 Å². The normalized spacial score (nSPS) is 18.2. The van der Waals surface area contributed by atoms with Gasteiger partial charge in [0.15, 0.2) is 0 Å². The summed E-state index contributed by atoms with van der Waals surface area (Å²) in [4.78, 5) is 12.9. The van der Waals surface area contributed by atoms with Crippen LogP contribution in [0.4, 0.5) is 0 Å². The van der Waals surface area contributed by atoms with Gasteiger partial charge < -0.3 is 5.32 Å². The van der Waals surface area contributed by atoms with E-state index < -0.39 is 10.0 Å². The zero-order chi connectivity index (χ0) is 19.4. The molecule has 1 aliphatic heterocycles. The molecule has 144 valence electrons. The topological polar surface area (TPSA) is 66.5 Å². The van der Waals surface area contributed by atoms with E-state index in [1.54, 1.807) is 24.3 Å². The van der Waals surface area contributed by atoms with Crippen molar-refractivity contribution in [2.45, 2.75) is 38.1 Å². The number of benzene rings is 2. The molecule has 0 aromatic heterocycles. The molecule has 1 heterocycles. The summed E-state index contributed by atoms with van der Waals surface area (Å²) in [6.07, 6.45) is 1.40. The highest BCUT2D eigenvalue weighted by Crippen LogP contribution is 2.24. The number of carbonyl (C=O) groups is 1. The number of hydrogen-bond donors (Lipinski definition) is 1. The molecule has 1 atom stereocenters. The second-order valence-electron chi connectivity index (χ2n) is 7.22. The molecule has 0 radical (unpaired) electrons. The van der Waals surface area contributed by atoms with Crippen LogP contribution in [0.2, 0.25) is 0 Å². The summed E-state index contributed by atoms with van der Waals surface area (Å²) >= 11 is 0. The average Bonchev–Trinajstić information content (AvgIpc) is 2.66. The van der Waals surface area contributed by atoms with Crippen molar-refractivity contribution < 1.29 is 13.2 Å². The van der Waals surface area contributed by atoms with Gasteiger partial charge in [-0.1, -0.05) is 47.5 Å². The number of amides is 1. The lowest BCUT2D eigenvalue weighted by atomic mass is 9.98. The van der Waals surface area contributed by atoms with E-state index in [-0.39, 0.29) is 23.3 Å². The van der Waals surface area contributed by atoms with Crippen LogP contribution in [0.3, 0.4) is 0 Å². The third-order valence-electron chi connectivity index (χ3n) is 4.96. The third-order valence-corrected chi connectivity index (χ3v) is 6.84. The van der Waals surface area contributed by atoms with Crippen molar-refractivity contribution in [3.8, 4) is 0 Å². The molecule has 5 nitrogen and oxygen atoms in total. The standard InChI is InChI=1S/C21H26N2O3S/c1-16-8-10-20(11-9-16)27(25,26)23-12-4-7-19(15-23)21(24)22-14-18-6-3-5-17(2)13-18/h3,5-6,8-11,13,19H,4,7,12,14-15H2,1-2H3,(H,22,24)/t19-/m0/s1. The molecular weight excluding hydrogens is 360 g/mol. The quantitative estimate of drug-likeness (QED) is 0.859. The molecule has 3 rings (SSSR count). The molecule has 1 saturated heterocycles. The highest BCUT2D eigenvalue weighted by atomic mass is 32.2. The van der Waals surface area contributed by atoms with Crippen LogP contribution in [-0.2, 0) is 21.4 Å². The maximum atomic E-state index is 12.9. The summed E-state index contributed by atoms with van der Waals surface area (Å²) in [6.45, 7) is 5.08. The van der Waals surface area contributed by atoms with E-state index in [0.717, 1.165) is 16.7 Å². The molecular formula is C21H26N2O3S. The Labute approximate surface area is 161 Å². The number of piperidine rings is 1. The largest absolute Gasteiger partial charge is 0.352 e. The first kappa shape index (κ1) is 19.6. The van der Waals surface area contributed by atoms with Gasteiger partial charge in [-0.3, -0.25) is 4.79 Å². The molecule has 2 aromatic rings. The summed E-state index contributed by atoms with van der Waals surface area (Å²) in [6, 6.07) is 14.8. The van der Waals surface area contributed by atoms with Crippen molar-refractivity contribution >= 4 is 15.9 Å². The minimum absolute atomic E-state index is 0.0830. The first-order valence-corrected chi connectivity index (χ1v) is 10.7. The molecule has 2 aromatic carbocycles.